The molecule has 0 atom stereocenters. The number of carbonyl (C=O) groups is 2. The van der Waals surface area contributed by atoms with Crippen LogP contribution in [0.1, 0.15) is 37.4 Å². The number of halogens is 1. The second-order valence-electron chi connectivity index (χ2n) is 9.21. The van der Waals surface area contributed by atoms with Gasteiger partial charge in [0.25, 0.3) is 0 Å². The largest absolute Gasteiger partial charge is 0.343 e. The fourth-order valence-electron chi connectivity index (χ4n) is 5.56. The minimum absolute atomic E-state index is 0.0699. The summed E-state index contributed by atoms with van der Waals surface area (Å²) in [6, 6.07) is 10.1. The van der Waals surface area contributed by atoms with Crippen molar-refractivity contribution in [3.63, 3.8) is 0 Å². The number of amides is 2. The molecule has 8 heteroatoms. The molecule has 0 bridgehead atoms. The summed E-state index contributed by atoms with van der Waals surface area (Å²) in [6.07, 6.45) is 8.05. The summed E-state index contributed by atoms with van der Waals surface area (Å²) in [7, 11) is 0. The SMILES string of the molecule is CSCCCn1c(CN2C(=O)C3(CCN(C(C)=O)CC3)c3ccncc32)cc2cc(Cl)ccc21. The van der Waals surface area contributed by atoms with E-state index in [1.807, 2.05) is 46.0 Å². The number of hydrogen-bond donors (Lipinski definition) is 0. The Balaban J connectivity index is 1.51. The van der Waals surface area contributed by atoms with Crippen LogP contribution in [-0.4, -0.2) is 51.4 Å². The number of aromatic nitrogens is 2. The van der Waals surface area contributed by atoms with E-state index in [9.17, 15) is 9.59 Å². The average molecular weight is 497 g/mol. The van der Waals surface area contributed by atoms with Crippen molar-refractivity contribution in [3.8, 4) is 0 Å². The third-order valence-electron chi connectivity index (χ3n) is 7.32. The summed E-state index contributed by atoms with van der Waals surface area (Å²) < 4.78 is 2.33. The maximum atomic E-state index is 14.0. The number of hydrogen-bond acceptors (Lipinski definition) is 4. The van der Waals surface area contributed by atoms with Crippen LogP contribution in [0.25, 0.3) is 10.9 Å². The van der Waals surface area contributed by atoms with Crippen LogP contribution in [0.3, 0.4) is 0 Å². The minimum Gasteiger partial charge on any atom is -0.343 e. The number of piperidine rings is 1. The van der Waals surface area contributed by atoms with Gasteiger partial charge in [-0.3, -0.25) is 14.6 Å². The Morgan fingerprint density at radius 3 is 2.74 bits per heavy atom. The molecule has 2 aliphatic rings. The van der Waals surface area contributed by atoms with Crippen LogP contribution in [0.5, 0.6) is 0 Å². The number of pyridine rings is 1. The quantitative estimate of drug-likeness (QED) is 0.457. The molecular weight excluding hydrogens is 468 g/mol. The fourth-order valence-corrected chi connectivity index (χ4v) is 6.15. The zero-order valence-corrected chi connectivity index (χ0v) is 21.2. The molecule has 1 spiro atoms. The van der Waals surface area contributed by atoms with Gasteiger partial charge < -0.3 is 14.4 Å². The van der Waals surface area contributed by atoms with Gasteiger partial charge in [-0.15, -0.1) is 0 Å². The van der Waals surface area contributed by atoms with Crippen LogP contribution in [0.15, 0.2) is 42.7 Å². The molecule has 0 aliphatic carbocycles. The van der Waals surface area contributed by atoms with Crippen LogP contribution in [0.4, 0.5) is 5.69 Å². The Labute approximate surface area is 209 Å². The maximum absolute atomic E-state index is 14.0. The van der Waals surface area contributed by atoms with Gasteiger partial charge in [-0.2, -0.15) is 11.8 Å². The Hall–Kier alpha value is -2.51. The minimum atomic E-state index is -0.580. The zero-order valence-electron chi connectivity index (χ0n) is 19.6. The van der Waals surface area contributed by atoms with Crippen molar-refractivity contribution in [1.82, 2.24) is 14.5 Å². The first-order valence-electron chi connectivity index (χ1n) is 11.7. The molecule has 0 unspecified atom stereocenters. The lowest BCUT2D eigenvalue weighted by molar-refractivity contribution is -0.133. The van der Waals surface area contributed by atoms with Gasteiger partial charge >= 0.3 is 0 Å². The molecule has 4 heterocycles. The van der Waals surface area contributed by atoms with Gasteiger partial charge in [0.1, 0.15) is 0 Å². The van der Waals surface area contributed by atoms with E-state index in [4.69, 9.17) is 11.6 Å². The van der Waals surface area contributed by atoms with Crippen molar-refractivity contribution < 1.29 is 9.59 Å². The molecule has 1 fully saturated rings. The normalized spacial score (nSPS) is 17.1. The van der Waals surface area contributed by atoms with Crippen LogP contribution in [0, 0.1) is 0 Å². The first kappa shape index (κ1) is 23.2. The van der Waals surface area contributed by atoms with E-state index < -0.39 is 5.41 Å². The molecule has 0 radical (unpaired) electrons. The molecule has 3 aromatic rings. The summed E-state index contributed by atoms with van der Waals surface area (Å²) in [5.74, 6) is 1.27. The molecule has 6 nitrogen and oxygen atoms in total. The highest BCUT2D eigenvalue weighted by atomic mass is 35.5. The number of thioether (sulfide) groups is 1. The number of anilines is 1. The van der Waals surface area contributed by atoms with Crippen LogP contribution in [-0.2, 0) is 28.1 Å². The zero-order chi connectivity index (χ0) is 23.9. The number of fused-ring (bicyclic) bond motifs is 3. The third kappa shape index (κ3) is 3.89. The van der Waals surface area contributed by atoms with Gasteiger partial charge in [0, 0.05) is 54.4 Å². The molecule has 2 aliphatic heterocycles. The summed E-state index contributed by atoms with van der Waals surface area (Å²) in [6.45, 7) is 4.18. The van der Waals surface area contributed by atoms with E-state index in [0.29, 0.717) is 37.5 Å². The topological polar surface area (TPSA) is 58.4 Å². The van der Waals surface area contributed by atoms with Crippen molar-refractivity contribution in [2.75, 3.05) is 30.0 Å². The van der Waals surface area contributed by atoms with E-state index in [-0.39, 0.29) is 11.8 Å². The smallest absolute Gasteiger partial charge is 0.238 e. The third-order valence-corrected chi connectivity index (χ3v) is 8.25. The molecule has 2 amide bonds. The van der Waals surface area contributed by atoms with Gasteiger partial charge in [-0.25, -0.2) is 0 Å². The summed E-state index contributed by atoms with van der Waals surface area (Å²) in [4.78, 5) is 34.0. The Morgan fingerprint density at radius 2 is 2.00 bits per heavy atom. The lowest BCUT2D eigenvalue weighted by atomic mass is 9.74. The highest BCUT2D eigenvalue weighted by molar-refractivity contribution is 7.98. The van der Waals surface area contributed by atoms with Crippen molar-refractivity contribution >= 4 is 51.8 Å². The average Bonchev–Trinajstić information content (AvgIpc) is 3.28. The molecular formula is C26H29ClN4O2S. The molecule has 2 aromatic heterocycles. The van der Waals surface area contributed by atoms with Gasteiger partial charge in [0.2, 0.25) is 11.8 Å². The Kier molecular flexibility index (Phi) is 6.34. The van der Waals surface area contributed by atoms with E-state index in [2.05, 4.69) is 27.9 Å². The lowest BCUT2D eigenvalue weighted by Gasteiger charge is -2.38. The number of carbonyl (C=O) groups excluding carboxylic acids is 2. The van der Waals surface area contributed by atoms with Crippen molar-refractivity contribution in [3.05, 3.63) is 59.0 Å². The first-order valence-corrected chi connectivity index (χ1v) is 13.5. The van der Waals surface area contributed by atoms with Crippen LogP contribution < -0.4 is 4.90 Å². The standard InChI is InChI=1S/C26H29ClN4O2S/c1-18(32)29-11-7-26(8-12-29)22-6-9-28-16-24(22)31(25(26)33)17-21-15-19-14-20(27)4-5-23(19)30(21)10-3-13-34-2/h4-6,9,14-16H,3,7-8,10-13,17H2,1-2H3. The summed E-state index contributed by atoms with van der Waals surface area (Å²) >= 11 is 8.13. The number of aryl methyl sites for hydroxylation is 1. The molecule has 1 saturated heterocycles. The van der Waals surface area contributed by atoms with E-state index in [1.54, 1.807) is 13.1 Å². The van der Waals surface area contributed by atoms with Gasteiger partial charge in [-0.05, 0) is 67.2 Å². The van der Waals surface area contributed by atoms with E-state index in [1.165, 1.54) is 0 Å². The van der Waals surface area contributed by atoms with Crippen molar-refractivity contribution in [2.45, 2.75) is 44.7 Å². The Bertz CT molecular complexity index is 1250. The molecule has 34 heavy (non-hydrogen) atoms. The second kappa shape index (κ2) is 9.27. The fraction of sp³-hybridized carbons (Fsp3) is 0.423. The molecule has 0 saturated carbocycles. The Morgan fingerprint density at radius 1 is 1.21 bits per heavy atom. The molecule has 1 aromatic carbocycles. The van der Waals surface area contributed by atoms with Gasteiger partial charge in [0.05, 0.1) is 23.8 Å². The predicted molar refractivity (Wildman–Crippen MR) is 139 cm³/mol. The number of benzene rings is 1. The van der Waals surface area contributed by atoms with Crippen LogP contribution in [0.2, 0.25) is 5.02 Å². The van der Waals surface area contributed by atoms with Crippen molar-refractivity contribution in [2.24, 2.45) is 0 Å². The molecule has 178 valence electrons. The number of rotatable bonds is 6. The second-order valence-corrected chi connectivity index (χ2v) is 10.6. The van der Waals surface area contributed by atoms with Gasteiger partial charge in [0.15, 0.2) is 0 Å². The summed E-state index contributed by atoms with van der Waals surface area (Å²) in [5.41, 5.74) is 3.60. The summed E-state index contributed by atoms with van der Waals surface area (Å²) in [5, 5.41) is 1.80. The highest BCUT2D eigenvalue weighted by Gasteiger charge is 2.52. The van der Waals surface area contributed by atoms with Crippen molar-refractivity contribution in [1.29, 1.82) is 0 Å². The maximum Gasteiger partial charge on any atom is 0.238 e. The molecule has 5 rings (SSSR count). The number of likely N-dealkylation sites (tertiary alicyclic amines) is 1. The van der Waals surface area contributed by atoms with Crippen LogP contribution >= 0.6 is 23.4 Å². The number of nitrogens with zero attached hydrogens (tertiary/aromatic N) is 4. The predicted octanol–water partition coefficient (Wildman–Crippen LogP) is 4.87. The molecule has 0 N–H and O–H groups in total. The lowest BCUT2D eigenvalue weighted by Crippen LogP contribution is -2.49. The van der Waals surface area contributed by atoms with Gasteiger partial charge in [-0.1, -0.05) is 11.6 Å². The van der Waals surface area contributed by atoms with E-state index in [0.717, 1.165) is 46.6 Å². The highest BCUT2D eigenvalue weighted by Crippen LogP contribution is 2.48. The first-order chi connectivity index (χ1) is 16.4. The monoisotopic (exact) mass is 496 g/mol. The van der Waals surface area contributed by atoms with E-state index >= 15 is 0 Å².